The van der Waals surface area contributed by atoms with Crippen molar-refractivity contribution in [3.05, 3.63) is 106 Å². The number of carbonyl (C=O) groups is 1. The summed E-state index contributed by atoms with van der Waals surface area (Å²) in [6, 6.07) is 16.9. The lowest BCUT2D eigenvalue weighted by Gasteiger charge is -2.21. The van der Waals surface area contributed by atoms with Gasteiger partial charge in [0.05, 0.1) is 15.9 Å². The van der Waals surface area contributed by atoms with Crippen molar-refractivity contribution in [2.75, 3.05) is 0 Å². The van der Waals surface area contributed by atoms with Gasteiger partial charge in [-0.1, -0.05) is 61.8 Å². The minimum atomic E-state index is -1.03. The molecule has 0 unspecified atom stereocenters. The van der Waals surface area contributed by atoms with Gasteiger partial charge in [0, 0.05) is 6.08 Å². The van der Waals surface area contributed by atoms with Crippen molar-refractivity contribution in [3.63, 3.8) is 0 Å². The van der Waals surface area contributed by atoms with Gasteiger partial charge in [-0.3, -0.25) is 5.10 Å². The third kappa shape index (κ3) is 4.77. The lowest BCUT2D eigenvalue weighted by molar-refractivity contribution is -0.131. The van der Waals surface area contributed by atoms with Crippen molar-refractivity contribution in [1.82, 2.24) is 10.2 Å². The molecule has 7 heteroatoms. The maximum atomic E-state index is 14.3. The molecule has 4 nitrogen and oxygen atoms in total. The molecule has 172 valence electrons. The number of carboxylic acid groups (broad SMARTS) is 1. The maximum Gasteiger partial charge on any atom is 0.328 e. The summed E-state index contributed by atoms with van der Waals surface area (Å²) < 4.78 is 28.1. The van der Waals surface area contributed by atoms with Crippen LogP contribution < -0.4 is 0 Å². The topological polar surface area (TPSA) is 66.0 Å². The van der Waals surface area contributed by atoms with Crippen LogP contribution in [0.1, 0.15) is 36.1 Å². The molecule has 34 heavy (non-hydrogen) atoms. The lowest BCUT2D eigenvalue weighted by atomic mass is 9.83. The summed E-state index contributed by atoms with van der Waals surface area (Å²) in [7, 11) is 0. The van der Waals surface area contributed by atoms with Crippen LogP contribution in [0.25, 0.3) is 28.1 Å². The van der Waals surface area contributed by atoms with E-state index in [1.807, 2.05) is 32.0 Å². The largest absolute Gasteiger partial charge is 0.478 e. The molecule has 1 heterocycles. The molecule has 0 saturated heterocycles. The number of aromatic nitrogens is 2. The zero-order valence-corrected chi connectivity index (χ0v) is 19.2. The molecule has 0 amide bonds. The molecule has 0 aliphatic carbocycles. The Morgan fingerprint density at radius 2 is 1.74 bits per heavy atom. The van der Waals surface area contributed by atoms with Crippen molar-refractivity contribution in [2.45, 2.75) is 13.8 Å². The highest BCUT2D eigenvalue weighted by atomic mass is 35.5. The van der Waals surface area contributed by atoms with E-state index < -0.39 is 17.7 Å². The molecule has 3 aromatic carbocycles. The molecule has 0 radical (unpaired) electrons. The number of nitrogens with one attached hydrogen (secondary N) is 1. The highest BCUT2D eigenvalue weighted by Crippen LogP contribution is 2.40. The van der Waals surface area contributed by atoms with Crippen molar-refractivity contribution < 1.29 is 18.7 Å². The van der Waals surface area contributed by atoms with Crippen molar-refractivity contribution in [1.29, 1.82) is 0 Å². The van der Waals surface area contributed by atoms with Crippen LogP contribution in [0, 0.1) is 17.7 Å². The standard InChI is InChI=1S/C27H21ClF2N2O2/c1-15(2)25(20-10-9-19(29)14-22(20)28)26(17-6-3-16(4-7-17)5-12-24(33)34)18-8-11-23-21(13-18)27(30)32-31-23/h3-15H,1-2H3,(H,31,32)(H,33,34)/b12-5+,26-25+. The van der Waals surface area contributed by atoms with Gasteiger partial charge in [-0.25, -0.2) is 9.18 Å². The molecule has 2 N–H and O–H groups in total. The van der Waals surface area contributed by atoms with Crippen LogP contribution in [-0.4, -0.2) is 21.3 Å². The van der Waals surface area contributed by atoms with Crippen molar-refractivity contribution in [2.24, 2.45) is 5.92 Å². The second kappa shape index (κ2) is 9.61. The van der Waals surface area contributed by atoms with Crippen LogP contribution in [0.5, 0.6) is 0 Å². The lowest BCUT2D eigenvalue weighted by Crippen LogP contribution is -2.02. The smallest absolute Gasteiger partial charge is 0.328 e. The number of hydrogen-bond acceptors (Lipinski definition) is 2. The minimum absolute atomic E-state index is 0.0190. The number of aliphatic carboxylic acids is 1. The van der Waals surface area contributed by atoms with Crippen LogP contribution in [0.3, 0.4) is 0 Å². The number of hydrogen-bond donors (Lipinski definition) is 2. The first-order valence-electron chi connectivity index (χ1n) is 10.6. The summed E-state index contributed by atoms with van der Waals surface area (Å²) in [4.78, 5) is 10.9. The van der Waals surface area contributed by atoms with E-state index in [9.17, 15) is 13.6 Å². The number of H-pyrrole nitrogens is 1. The summed E-state index contributed by atoms with van der Waals surface area (Å²) >= 11 is 6.47. The van der Waals surface area contributed by atoms with E-state index in [0.29, 0.717) is 22.0 Å². The van der Waals surface area contributed by atoms with Gasteiger partial charge in [-0.2, -0.15) is 9.49 Å². The van der Waals surface area contributed by atoms with E-state index in [1.165, 1.54) is 18.2 Å². The normalized spacial score (nSPS) is 12.5. The van der Waals surface area contributed by atoms with Crippen molar-refractivity contribution in [3.8, 4) is 0 Å². The van der Waals surface area contributed by atoms with Gasteiger partial charge in [0.2, 0.25) is 5.95 Å². The third-order valence-electron chi connectivity index (χ3n) is 5.48. The monoisotopic (exact) mass is 478 g/mol. The number of rotatable bonds is 6. The van der Waals surface area contributed by atoms with Gasteiger partial charge in [0.1, 0.15) is 5.82 Å². The van der Waals surface area contributed by atoms with Gasteiger partial charge in [-0.05, 0) is 69.7 Å². The molecule has 0 saturated carbocycles. The Kier molecular flexibility index (Phi) is 6.61. The van der Waals surface area contributed by atoms with Crippen LogP contribution in [0.4, 0.5) is 8.78 Å². The number of halogens is 3. The molecule has 1 aromatic heterocycles. The Hall–Kier alpha value is -3.77. The highest BCUT2D eigenvalue weighted by Gasteiger charge is 2.20. The van der Waals surface area contributed by atoms with Crippen LogP contribution in [0.15, 0.2) is 66.7 Å². The molecule has 0 bridgehead atoms. The fourth-order valence-electron chi connectivity index (χ4n) is 3.98. The Morgan fingerprint density at radius 1 is 1.03 bits per heavy atom. The van der Waals surface area contributed by atoms with Crippen LogP contribution in [-0.2, 0) is 4.79 Å². The first-order chi connectivity index (χ1) is 16.2. The molecule has 0 spiro atoms. The molecule has 0 aliphatic heterocycles. The van der Waals surface area contributed by atoms with Gasteiger partial charge in [0.15, 0.2) is 0 Å². The number of allylic oxidation sites excluding steroid dienone is 1. The van der Waals surface area contributed by atoms with E-state index in [1.54, 1.807) is 30.3 Å². The maximum absolute atomic E-state index is 14.3. The number of aromatic amines is 1. The minimum Gasteiger partial charge on any atom is -0.478 e. The van der Waals surface area contributed by atoms with Gasteiger partial charge >= 0.3 is 5.97 Å². The SMILES string of the molecule is CC(C)/C(=C(/c1ccc(/C=C/C(=O)O)cc1)c1ccc2n[nH]c(F)c2c1)c1ccc(F)cc1Cl. The van der Waals surface area contributed by atoms with Gasteiger partial charge in [-0.15, -0.1) is 0 Å². The van der Waals surface area contributed by atoms with Gasteiger partial charge < -0.3 is 5.11 Å². The molecular formula is C27H21ClF2N2O2. The number of carboxylic acids is 1. The number of nitrogens with zero attached hydrogens (tertiary/aromatic N) is 1. The predicted octanol–water partition coefficient (Wildman–Crippen LogP) is 7.21. The third-order valence-corrected chi connectivity index (χ3v) is 5.79. The predicted molar refractivity (Wildman–Crippen MR) is 131 cm³/mol. The summed E-state index contributed by atoms with van der Waals surface area (Å²) in [5.74, 6) is -2.02. The molecule has 4 aromatic rings. The molecule has 0 atom stereocenters. The summed E-state index contributed by atoms with van der Waals surface area (Å²) in [6.07, 6.45) is 2.57. The van der Waals surface area contributed by atoms with E-state index in [0.717, 1.165) is 28.3 Å². The van der Waals surface area contributed by atoms with Crippen molar-refractivity contribution >= 4 is 45.7 Å². The molecule has 0 fully saturated rings. The number of fused-ring (bicyclic) bond motifs is 1. The van der Waals surface area contributed by atoms with Crippen LogP contribution in [0.2, 0.25) is 5.02 Å². The first-order valence-corrected chi connectivity index (χ1v) is 11.0. The summed E-state index contributed by atoms with van der Waals surface area (Å²) in [5.41, 5.74) is 5.12. The first kappa shape index (κ1) is 23.4. The average Bonchev–Trinajstić information content (AvgIpc) is 3.17. The second-order valence-corrected chi connectivity index (χ2v) is 8.54. The Morgan fingerprint density at radius 3 is 2.38 bits per heavy atom. The van der Waals surface area contributed by atoms with E-state index >= 15 is 0 Å². The zero-order chi connectivity index (χ0) is 24.4. The second-order valence-electron chi connectivity index (χ2n) is 8.13. The molecule has 4 rings (SSSR count). The number of benzene rings is 3. The highest BCUT2D eigenvalue weighted by molar-refractivity contribution is 6.32. The summed E-state index contributed by atoms with van der Waals surface area (Å²) in [5, 5.41) is 15.8. The Labute approximate surface area is 200 Å². The Balaban J connectivity index is 2.00. The van der Waals surface area contributed by atoms with Crippen LogP contribution >= 0.6 is 11.6 Å². The quantitative estimate of drug-likeness (QED) is 0.227. The fraction of sp³-hybridized carbons (Fsp3) is 0.111. The fourth-order valence-corrected chi connectivity index (χ4v) is 4.25. The van der Waals surface area contributed by atoms with Gasteiger partial charge in [0.25, 0.3) is 0 Å². The van der Waals surface area contributed by atoms with E-state index in [-0.39, 0.29) is 10.9 Å². The molecular weight excluding hydrogens is 458 g/mol. The van der Waals surface area contributed by atoms with E-state index in [2.05, 4.69) is 10.2 Å². The average molecular weight is 479 g/mol. The molecule has 0 aliphatic rings. The summed E-state index contributed by atoms with van der Waals surface area (Å²) in [6.45, 7) is 4.02. The Bertz CT molecular complexity index is 1440. The van der Waals surface area contributed by atoms with E-state index in [4.69, 9.17) is 16.7 Å². The zero-order valence-electron chi connectivity index (χ0n) is 18.4.